The average Bonchev–Trinajstić information content (AvgIpc) is 3.13. The highest BCUT2D eigenvalue weighted by molar-refractivity contribution is 9.10. The normalized spacial score (nSPS) is 15.6. The summed E-state index contributed by atoms with van der Waals surface area (Å²) in [6, 6.07) is 19.5. The molecule has 0 radical (unpaired) electrons. The molecule has 0 saturated carbocycles. The van der Waals surface area contributed by atoms with Crippen molar-refractivity contribution in [2.45, 2.75) is 13.5 Å². The number of ether oxygens (including phenoxy) is 1. The van der Waals surface area contributed by atoms with E-state index < -0.39 is 4.92 Å². The highest BCUT2D eigenvalue weighted by atomic mass is 79.9. The van der Waals surface area contributed by atoms with Crippen molar-refractivity contribution in [3.63, 3.8) is 0 Å². The number of non-ortho nitro benzene ring substituents is 1. The molecule has 1 heterocycles. The fourth-order valence-electron chi connectivity index (χ4n) is 2.97. The molecule has 3 aromatic rings. The summed E-state index contributed by atoms with van der Waals surface area (Å²) in [6.45, 7) is 2.28. The molecule has 1 aliphatic rings. The number of nitro benzene ring substituents is 1. The van der Waals surface area contributed by atoms with Crippen molar-refractivity contribution in [3.8, 4) is 5.75 Å². The second-order valence-electron chi connectivity index (χ2n) is 7.22. The number of halogens is 1. The molecule has 0 aliphatic carbocycles. The van der Waals surface area contributed by atoms with Crippen LogP contribution in [0.15, 0.2) is 81.1 Å². The second-order valence-corrected chi connectivity index (χ2v) is 9.10. The van der Waals surface area contributed by atoms with E-state index in [1.807, 2.05) is 43.3 Å². The Morgan fingerprint density at radius 2 is 1.85 bits per heavy atom. The van der Waals surface area contributed by atoms with Gasteiger partial charge in [0.2, 0.25) is 0 Å². The largest absolute Gasteiger partial charge is 0.488 e. The summed E-state index contributed by atoms with van der Waals surface area (Å²) in [6.07, 6.45) is 1.79. The Morgan fingerprint density at radius 1 is 1.12 bits per heavy atom. The van der Waals surface area contributed by atoms with Gasteiger partial charge < -0.3 is 10.1 Å². The number of carbonyl (C=O) groups is 1. The first-order chi connectivity index (χ1) is 15.9. The number of amidine groups is 1. The molecule has 1 N–H and O–H groups in total. The average molecular weight is 524 g/mol. The van der Waals surface area contributed by atoms with E-state index in [1.54, 1.807) is 24.3 Å². The third-order valence-electron chi connectivity index (χ3n) is 4.71. The van der Waals surface area contributed by atoms with E-state index in [0.717, 1.165) is 26.9 Å². The number of rotatable bonds is 6. The number of aryl methyl sites for hydroxylation is 1. The van der Waals surface area contributed by atoms with Crippen LogP contribution in [0, 0.1) is 17.0 Å². The van der Waals surface area contributed by atoms with Crippen LogP contribution in [-0.2, 0) is 11.4 Å². The molecule has 1 fully saturated rings. The molecule has 0 aromatic heterocycles. The summed E-state index contributed by atoms with van der Waals surface area (Å²) in [5, 5.41) is 14.1. The summed E-state index contributed by atoms with van der Waals surface area (Å²) < 4.78 is 6.55. The van der Waals surface area contributed by atoms with Crippen LogP contribution in [0.3, 0.4) is 0 Å². The van der Waals surface area contributed by atoms with Crippen molar-refractivity contribution in [2.24, 2.45) is 4.99 Å². The zero-order valence-electron chi connectivity index (χ0n) is 17.4. The van der Waals surface area contributed by atoms with Gasteiger partial charge >= 0.3 is 0 Å². The number of nitrogens with one attached hydrogen (secondary N) is 1. The van der Waals surface area contributed by atoms with Gasteiger partial charge in [-0.15, -0.1) is 0 Å². The van der Waals surface area contributed by atoms with Crippen LogP contribution >= 0.6 is 27.7 Å². The Bertz CT molecular complexity index is 1270. The smallest absolute Gasteiger partial charge is 0.269 e. The van der Waals surface area contributed by atoms with E-state index in [2.05, 4.69) is 26.2 Å². The minimum atomic E-state index is -0.436. The highest BCUT2D eigenvalue weighted by Gasteiger charge is 2.23. The van der Waals surface area contributed by atoms with Crippen LogP contribution in [0.5, 0.6) is 5.75 Å². The molecule has 0 atom stereocenters. The van der Waals surface area contributed by atoms with Crippen molar-refractivity contribution in [3.05, 3.63) is 103 Å². The van der Waals surface area contributed by atoms with Gasteiger partial charge in [0, 0.05) is 12.1 Å². The molecule has 1 saturated heterocycles. The zero-order chi connectivity index (χ0) is 23.4. The molecule has 9 heteroatoms. The van der Waals surface area contributed by atoms with Crippen LogP contribution in [-0.4, -0.2) is 16.0 Å². The van der Waals surface area contributed by atoms with Gasteiger partial charge in [0.15, 0.2) is 5.17 Å². The Balaban J connectivity index is 1.42. The van der Waals surface area contributed by atoms with Crippen molar-refractivity contribution in [2.75, 3.05) is 0 Å². The van der Waals surface area contributed by atoms with Gasteiger partial charge in [-0.25, -0.2) is 4.99 Å². The minimum absolute atomic E-state index is 0.0400. The molecule has 7 nitrogen and oxygen atoms in total. The van der Waals surface area contributed by atoms with Gasteiger partial charge in [0.25, 0.3) is 11.6 Å². The number of thioether (sulfide) groups is 1. The molecule has 1 amide bonds. The predicted molar refractivity (Wildman–Crippen MR) is 134 cm³/mol. The molecule has 0 spiro atoms. The molecule has 3 aromatic carbocycles. The molecular formula is C24H18BrN3O4S. The Morgan fingerprint density at radius 3 is 2.52 bits per heavy atom. The van der Waals surface area contributed by atoms with E-state index in [1.165, 1.54) is 23.9 Å². The number of hydrogen-bond acceptors (Lipinski definition) is 6. The third kappa shape index (κ3) is 5.88. The molecule has 4 rings (SSSR count). The van der Waals surface area contributed by atoms with Gasteiger partial charge in [-0.2, -0.15) is 0 Å². The van der Waals surface area contributed by atoms with E-state index in [0.29, 0.717) is 15.8 Å². The molecule has 0 unspecified atom stereocenters. The van der Waals surface area contributed by atoms with Gasteiger partial charge in [-0.1, -0.05) is 23.8 Å². The van der Waals surface area contributed by atoms with E-state index in [4.69, 9.17) is 4.74 Å². The Labute approximate surface area is 202 Å². The number of amides is 1. The van der Waals surface area contributed by atoms with Crippen molar-refractivity contribution < 1.29 is 14.5 Å². The standard InChI is InChI=1S/C24H18BrN3O4S/c1-15-2-7-18(8-3-15)26-24-27-23(29)22(33-24)13-17-6-11-21(20(25)12-17)32-14-16-4-9-19(10-5-16)28(30)31/h2-13H,14H2,1H3,(H,26,27,29)/b22-13+. The number of aliphatic imine (C=N–C) groups is 1. The summed E-state index contributed by atoms with van der Waals surface area (Å²) in [4.78, 5) is 27.7. The lowest BCUT2D eigenvalue weighted by molar-refractivity contribution is -0.384. The highest BCUT2D eigenvalue weighted by Crippen LogP contribution is 2.31. The zero-order valence-corrected chi connectivity index (χ0v) is 19.9. The van der Waals surface area contributed by atoms with Crippen LogP contribution in [0.25, 0.3) is 6.08 Å². The van der Waals surface area contributed by atoms with Crippen molar-refractivity contribution in [1.29, 1.82) is 0 Å². The van der Waals surface area contributed by atoms with Crippen LogP contribution in [0.1, 0.15) is 16.7 Å². The number of carbonyl (C=O) groups excluding carboxylic acids is 1. The minimum Gasteiger partial charge on any atom is -0.488 e. The lowest BCUT2D eigenvalue weighted by atomic mass is 10.2. The first-order valence-electron chi connectivity index (χ1n) is 9.89. The molecule has 33 heavy (non-hydrogen) atoms. The van der Waals surface area contributed by atoms with E-state index >= 15 is 0 Å². The van der Waals surface area contributed by atoms with E-state index in [9.17, 15) is 14.9 Å². The van der Waals surface area contributed by atoms with Gasteiger partial charge in [0.05, 0.1) is 20.0 Å². The third-order valence-corrected chi connectivity index (χ3v) is 6.24. The summed E-state index contributed by atoms with van der Waals surface area (Å²) in [7, 11) is 0. The summed E-state index contributed by atoms with van der Waals surface area (Å²) in [5.41, 5.74) is 3.62. The fraction of sp³-hybridized carbons (Fsp3) is 0.0833. The Kier molecular flexibility index (Phi) is 6.90. The SMILES string of the molecule is Cc1ccc(N=C2NC(=O)/C(=C\c3ccc(OCc4ccc([N+](=O)[O-])cc4)c(Br)c3)S2)cc1. The van der Waals surface area contributed by atoms with Gasteiger partial charge in [-0.05, 0) is 88.2 Å². The molecular weight excluding hydrogens is 506 g/mol. The lowest BCUT2D eigenvalue weighted by Gasteiger charge is -2.09. The second kappa shape index (κ2) is 10.0. The number of nitrogens with zero attached hydrogens (tertiary/aromatic N) is 2. The van der Waals surface area contributed by atoms with Crippen LogP contribution < -0.4 is 10.1 Å². The van der Waals surface area contributed by atoms with Crippen molar-refractivity contribution >= 4 is 56.2 Å². The van der Waals surface area contributed by atoms with Crippen molar-refractivity contribution in [1.82, 2.24) is 5.32 Å². The maximum atomic E-state index is 12.4. The maximum absolute atomic E-state index is 12.4. The maximum Gasteiger partial charge on any atom is 0.269 e. The topological polar surface area (TPSA) is 93.8 Å². The quantitative estimate of drug-likeness (QED) is 0.238. The molecule has 166 valence electrons. The monoisotopic (exact) mass is 523 g/mol. The fourth-order valence-corrected chi connectivity index (χ4v) is 4.32. The first kappa shape index (κ1) is 22.8. The van der Waals surface area contributed by atoms with E-state index in [-0.39, 0.29) is 18.2 Å². The van der Waals surface area contributed by atoms with Crippen LogP contribution in [0.2, 0.25) is 0 Å². The Hall–Kier alpha value is -3.43. The number of benzene rings is 3. The summed E-state index contributed by atoms with van der Waals surface area (Å²) in [5.74, 6) is 0.432. The number of nitro groups is 1. The molecule has 1 aliphatic heterocycles. The predicted octanol–water partition coefficient (Wildman–Crippen LogP) is 6.14. The van der Waals surface area contributed by atoms with Gasteiger partial charge in [0.1, 0.15) is 12.4 Å². The summed E-state index contributed by atoms with van der Waals surface area (Å²) >= 11 is 4.79. The number of hydrogen-bond donors (Lipinski definition) is 1. The van der Waals surface area contributed by atoms with Gasteiger partial charge in [-0.3, -0.25) is 14.9 Å². The molecule has 0 bridgehead atoms. The first-order valence-corrected chi connectivity index (χ1v) is 11.5. The van der Waals surface area contributed by atoms with Crippen LogP contribution in [0.4, 0.5) is 11.4 Å². The lowest BCUT2D eigenvalue weighted by Crippen LogP contribution is -2.19.